The number of thiazole rings is 1. The Morgan fingerprint density at radius 2 is 2.29 bits per heavy atom. The van der Waals surface area contributed by atoms with Crippen molar-refractivity contribution in [1.29, 1.82) is 0 Å². The van der Waals surface area contributed by atoms with Gasteiger partial charge in [-0.1, -0.05) is 12.1 Å². The summed E-state index contributed by atoms with van der Waals surface area (Å²) in [5.41, 5.74) is 1.08. The minimum absolute atomic E-state index is 0.00781. The van der Waals surface area contributed by atoms with E-state index in [1.165, 1.54) is 4.70 Å². The highest BCUT2D eigenvalue weighted by Crippen LogP contribution is 2.32. The molecule has 2 N–H and O–H groups in total. The number of para-hydroxylation sites is 1. The SMILES string of the molecule is OCC1(Cc2nc3ccccc3s2)CCNC1. The number of aliphatic hydroxyl groups is 1. The smallest absolute Gasteiger partial charge is 0.0945 e. The first-order valence-corrected chi connectivity index (χ1v) is 6.79. The van der Waals surface area contributed by atoms with E-state index in [0.29, 0.717) is 0 Å². The molecule has 2 aromatic rings. The summed E-state index contributed by atoms with van der Waals surface area (Å²) in [6.07, 6.45) is 1.93. The van der Waals surface area contributed by atoms with Crippen LogP contribution in [0.1, 0.15) is 11.4 Å². The predicted molar refractivity (Wildman–Crippen MR) is 70.3 cm³/mol. The van der Waals surface area contributed by atoms with Gasteiger partial charge in [0.15, 0.2) is 0 Å². The largest absolute Gasteiger partial charge is 0.396 e. The van der Waals surface area contributed by atoms with E-state index < -0.39 is 0 Å². The van der Waals surface area contributed by atoms with Gasteiger partial charge in [-0.25, -0.2) is 4.98 Å². The lowest BCUT2D eigenvalue weighted by atomic mass is 9.85. The maximum atomic E-state index is 9.59. The molecule has 1 saturated heterocycles. The number of aliphatic hydroxyl groups excluding tert-OH is 1. The van der Waals surface area contributed by atoms with Crippen molar-refractivity contribution in [3.05, 3.63) is 29.3 Å². The first-order chi connectivity index (χ1) is 8.31. The lowest BCUT2D eigenvalue weighted by Gasteiger charge is -2.23. The third-order valence-corrected chi connectivity index (χ3v) is 4.57. The number of nitrogens with zero attached hydrogens (tertiary/aromatic N) is 1. The minimum Gasteiger partial charge on any atom is -0.396 e. The van der Waals surface area contributed by atoms with Gasteiger partial charge >= 0.3 is 0 Å². The summed E-state index contributed by atoms with van der Waals surface area (Å²) in [5, 5.41) is 14.1. The van der Waals surface area contributed by atoms with E-state index in [1.54, 1.807) is 11.3 Å². The lowest BCUT2D eigenvalue weighted by molar-refractivity contribution is 0.143. The van der Waals surface area contributed by atoms with Crippen LogP contribution in [-0.4, -0.2) is 29.8 Å². The van der Waals surface area contributed by atoms with Gasteiger partial charge < -0.3 is 10.4 Å². The molecule has 0 radical (unpaired) electrons. The van der Waals surface area contributed by atoms with E-state index in [9.17, 15) is 5.11 Å². The van der Waals surface area contributed by atoms with E-state index in [0.717, 1.165) is 36.5 Å². The first-order valence-electron chi connectivity index (χ1n) is 5.97. The van der Waals surface area contributed by atoms with E-state index in [-0.39, 0.29) is 12.0 Å². The quantitative estimate of drug-likeness (QED) is 0.871. The van der Waals surface area contributed by atoms with Crippen molar-refractivity contribution in [3.8, 4) is 0 Å². The second-order valence-electron chi connectivity index (χ2n) is 4.84. The number of fused-ring (bicyclic) bond motifs is 1. The van der Waals surface area contributed by atoms with E-state index in [2.05, 4.69) is 16.4 Å². The average Bonchev–Trinajstić information content (AvgIpc) is 2.95. The molecule has 0 bridgehead atoms. The molecule has 1 fully saturated rings. The van der Waals surface area contributed by atoms with Crippen molar-refractivity contribution in [2.24, 2.45) is 5.41 Å². The van der Waals surface area contributed by atoms with Crippen molar-refractivity contribution in [1.82, 2.24) is 10.3 Å². The van der Waals surface area contributed by atoms with Crippen molar-refractivity contribution in [2.45, 2.75) is 12.8 Å². The highest BCUT2D eigenvalue weighted by molar-refractivity contribution is 7.18. The van der Waals surface area contributed by atoms with Crippen LogP contribution in [-0.2, 0) is 6.42 Å². The van der Waals surface area contributed by atoms with Gasteiger partial charge in [0.1, 0.15) is 0 Å². The van der Waals surface area contributed by atoms with E-state index in [1.807, 2.05) is 18.2 Å². The van der Waals surface area contributed by atoms with Crippen molar-refractivity contribution in [3.63, 3.8) is 0 Å². The average molecular weight is 248 g/mol. The van der Waals surface area contributed by atoms with Crippen LogP contribution < -0.4 is 5.32 Å². The van der Waals surface area contributed by atoms with Gasteiger partial charge in [0.25, 0.3) is 0 Å². The van der Waals surface area contributed by atoms with Crippen molar-refractivity contribution >= 4 is 21.6 Å². The Balaban J connectivity index is 1.89. The zero-order valence-corrected chi connectivity index (χ0v) is 10.5. The molecule has 1 aliphatic rings. The predicted octanol–water partition coefficient (Wildman–Crippen LogP) is 1.81. The second-order valence-corrected chi connectivity index (χ2v) is 5.95. The van der Waals surface area contributed by atoms with Gasteiger partial charge in [-0.2, -0.15) is 0 Å². The standard InChI is InChI=1S/C13H16N2OS/c16-9-13(5-6-14-8-13)7-12-15-10-3-1-2-4-11(10)17-12/h1-4,14,16H,5-9H2. The Kier molecular flexibility index (Phi) is 2.86. The highest BCUT2D eigenvalue weighted by atomic mass is 32.1. The number of rotatable bonds is 3. The summed E-state index contributed by atoms with van der Waals surface area (Å²) in [6.45, 7) is 2.15. The molecule has 90 valence electrons. The number of benzene rings is 1. The fraction of sp³-hybridized carbons (Fsp3) is 0.462. The zero-order chi connectivity index (χ0) is 11.7. The van der Waals surface area contributed by atoms with Gasteiger partial charge in [0, 0.05) is 18.4 Å². The van der Waals surface area contributed by atoms with Crippen LogP contribution in [0.3, 0.4) is 0 Å². The molecule has 3 rings (SSSR count). The molecule has 1 unspecified atom stereocenters. The Morgan fingerprint density at radius 3 is 3.00 bits per heavy atom. The first kappa shape index (κ1) is 11.1. The molecule has 4 heteroatoms. The van der Waals surface area contributed by atoms with Crippen LogP contribution in [0, 0.1) is 5.41 Å². The maximum Gasteiger partial charge on any atom is 0.0945 e. The van der Waals surface area contributed by atoms with Crippen LogP contribution in [0.2, 0.25) is 0 Å². The third kappa shape index (κ3) is 2.08. The monoisotopic (exact) mass is 248 g/mol. The maximum absolute atomic E-state index is 9.59. The van der Waals surface area contributed by atoms with Gasteiger partial charge in [-0.05, 0) is 25.1 Å². The molecule has 1 aromatic heterocycles. The fourth-order valence-electron chi connectivity index (χ4n) is 2.45. The summed E-state index contributed by atoms with van der Waals surface area (Å²) in [5.74, 6) is 0. The number of aromatic nitrogens is 1. The minimum atomic E-state index is 0.00781. The summed E-state index contributed by atoms with van der Waals surface area (Å²) in [6, 6.07) is 8.22. The number of nitrogens with one attached hydrogen (secondary N) is 1. The lowest BCUT2D eigenvalue weighted by Crippen LogP contribution is -2.30. The van der Waals surface area contributed by atoms with Crippen molar-refractivity contribution < 1.29 is 5.11 Å². The number of hydrogen-bond acceptors (Lipinski definition) is 4. The number of hydrogen-bond donors (Lipinski definition) is 2. The van der Waals surface area contributed by atoms with Gasteiger partial charge in [-0.3, -0.25) is 0 Å². The molecular weight excluding hydrogens is 232 g/mol. The summed E-state index contributed by atoms with van der Waals surface area (Å²) >= 11 is 1.75. The van der Waals surface area contributed by atoms with Crippen LogP contribution in [0.25, 0.3) is 10.2 Å². The van der Waals surface area contributed by atoms with E-state index >= 15 is 0 Å². The van der Waals surface area contributed by atoms with Crippen LogP contribution >= 0.6 is 11.3 Å². The summed E-state index contributed by atoms with van der Waals surface area (Å²) in [4.78, 5) is 4.65. The summed E-state index contributed by atoms with van der Waals surface area (Å²) in [7, 11) is 0. The molecule has 1 aromatic carbocycles. The molecule has 0 saturated carbocycles. The Bertz CT molecular complexity index is 484. The fourth-order valence-corrected chi connectivity index (χ4v) is 3.59. The molecule has 0 aliphatic carbocycles. The normalized spacial score (nSPS) is 24.5. The molecule has 0 spiro atoms. The zero-order valence-electron chi connectivity index (χ0n) is 9.65. The van der Waals surface area contributed by atoms with Gasteiger partial charge in [0.05, 0.1) is 21.8 Å². The third-order valence-electron chi connectivity index (χ3n) is 3.53. The Hall–Kier alpha value is -0.970. The van der Waals surface area contributed by atoms with Gasteiger partial charge in [-0.15, -0.1) is 11.3 Å². The van der Waals surface area contributed by atoms with Crippen molar-refractivity contribution in [2.75, 3.05) is 19.7 Å². The molecule has 0 amide bonds. The van der Waals surface area contributed by atoms with Crippen LogP contribution in [0.15, 0.2) is 24.3 Å². The molecule has 17 heavy (non-hydrogen) atoms. The molecule has 3 nitrogen and oxygen atoms in total. The van der Waals surface area contributed by atoms with E-state index in [4.69, 9.17) is 0 Å². The van der Waals surface area contributed by atoms with Crippen LogP contribution in [0.5, 0.6) is 0 Å². The highest BCUT2D eigenvalue weighted by Gasteiger charge is 2.34. The molecule has 1 aliphatic heterocycles. The second kappa shape index (κ2) is 4.37. The molecule has 1 atom stereocenters. The Labute approximate surface area is 105 Å². The summed E-state index contributed by atoms with van der Waals surface area (Å²) < 4.78 is 1.24. The topological polar surface area (TPSA) is 45.2 Å². The molecular formula is C13H16N2OS. The molecule has 2 heterocycles. The van der Waals surface area contributed by atoms with Crippen LogP contribution in [0.4, 0.5) is 0 Å². The Morgan fingerprint density at radius 1 is 1.41 bits per heavy atom. The van der Waals surface area contributed by atoms with Gasteiger partial charge in [0.2, 0.25) is 0 Å².